The molecule has 9 heteroatoms. The number of hydrogen-bond donors (Lipinski definition) is 2. The number of pyridine rings is 1. The largest absolute Gasteiger partial charge is 0.346 e. The van der Waals surface area contributed by atoms with Gasteiger partial charge in [-0.05, 0) is 48.4 Å². The van der Waals surface area contributed by atoms with Gasteiger partial charge in [-0.3, -0.25) is 4.90 Å². The van der Waals surface area contributed by atoms with Gasteiger partial charge in [0, 0.05) is 42.7 Å². The molecule has 30 heavy (non-hydrogen) atoms. The van der Waals surface area contributed by atoms with Crippen molar-refractivity contribution in [1.82, 2.24) is 15.3 Å². The van der Waals surface area contributed by atoms with Crippen LogP contribution >= 0.6 is 11.6 Å². The summed E-state index contributed by atoms with van der Waals surface area (Å²) in [6.07, 6.45) is 7.83. The fraction of sp³-hybridized carbons (Fsp3) is 0.333. The van der Waals surface area contributed by atoms with E-state index >= 15 is 0 Å². The summed E-state index contributed by atoms with van der Waals surface area (Å²) in [4.78, 5) is 21.8. The molecule has 1 aliphatic carbocycles. The molecule has 1 saturated heterocycles. The highest BCUT2D eigenvalue weighted by molar-refractivity contribution is 7.90. The molecule has 1 aliphatic heterocycles. The fourth-order valence-electron chi connectivity index (χ4n) is 4.07. The van der Waals surface area contributed by atoms with Crippen molar-refractivity contribution in [2.24, 2.45) is 0 Å². The second-order valence-corrected chi connectivity index (χ2v) is 10.3. The van der Waals surface area contributed by atoms with Gasteiger partial charge in [0.25, 0.3) is 0 Å². The number of carbonyl (C=O) groups is 1. The van der Waals surface area contributed by atoms with E-state index in [9.17, 15) is 13.2 Å². The monoisotopic (exact) mass is 444 g/mol. The summed E-state index contributed by atoms with van der Waals surface area (Å²) in [6, 6.07) is 4.69. The lowest BCUT2D eigenvalue weighted by atomic mass is 10.0. The summed E-state index contributed by atoms with van der Waals surface area (Å²) in [5.41, 5.74) is 3.71. The van der Waals surface area contributed by atoms with E-state index in [2.05, 4.69) is 15.3 Å². The Kier molecular flexibility index (Phi) is 4.52. The summed E-state index contributed by atoms with van der Waals surface area (Å²) in [6.45, 7) is 1.03. The molecule has 2 aliphatic rings. The predicted molar refractivity (Wildman–Crippen MR) is 117 cm³/mol. The van der Waals surface area contributed by atoms with Gasteiger partial charge in [-0.1, -0.05) is 17.7 Å². The second-order valence-electron chi connectivity index (χ2n) is 7.92. The van der Waals surface area contributed by atoms with Gasteiger partial charge in [0.15, 0.2) is 9.84 Å². The van der Waals surface area contributed by atoms with Crippen LogP contribution in [0, 0.1) is 0 Å². The number of aromatic nitrogens is 2. The van der Waals surface area contributed by atoms with Crippen LogP contribution in [0.3, 0.4) is 0 Å². The van der Waals surface area contributed by atoms with Crippen molar-refractivity contribution in [3.05, 3.63) is 41.2 Å². The highest BCUT2D eigenvalue weighted by Gasteiger charge is 2.29. The summed E-state index contributed by atoms with van der Waals surface area (Å²) >= 11 is 6.82. The minimum absolute atomic E-state index is 0.119. The number of hydrogen-bond acceptors (Lipinski definition) is 4. The topological polar surface area (TPSA) is 95.2 Å². The maximum atomic E-state index is 12.4. The van der Waals surface area contributed by atoms with Gasteiger partial charge in [0.2, 0.25) is 0 Å². The number of nitrogens with zero attached hydrogens (tertiary/aromatic N) is 2. The van der Waals surface area contributed by atoms with E-state index < -0.39 is 9.84 Å². The normalized spacial score (nSPS) is 17.4. The highest BCUT2D eigenvalue weighted by atomic mass is 35.5. The molecule has 1 saturated carbocycles. The number of rotatable bonds is 4. The Hall–Kier alpha value is -2.58. The van der Waals surface area contributed by atoms with Crippen molar-refractivity contribution in [2.75, 3.05) is 24.2 Å². The van der Waals surface area contributed by atoms with Crippen LogP contribution < -0.4 is 10.2 Å². The molecule has 7 nitrogen and oxygen atoms in total. The molecule has 0 atom stereocenters. The molecule has 0 unspecified atom stereocenters. The minimum atomic E-state index is -3.53. The van der Waals surface area contributed by atoms with E-state index in [0.717, 1.165) is 42.1 Å². The SMILES string of the molecule is CS(=O)(=O)c1ccc(-c2cnc3[nH]cc(C4CC4)c3c2Cl)cc1N1CCCNC1=O. The first-order chi connectivity index (χ1) is 14.3. The van der Waals surface area contributed by atoms with E-state index in [-0.39, 0.29) is 10.9 Å². The Bertz CT molecular complexity index is 1280. The van der Waals surface area contributed by atoms with Crippen molar-refractivity contribution in [2.45, 2.75) is 30.1 Å². The molecule has 2 fully saturated rings. The van der Waals surface area contributed by atoms with Crippen molar-refractivity contribution in [1.29, 1.82) is 0 Å². The van der Waals surface area contributed by atoms with Crippen LogP contribution in [0.2, 0.25) is 5.02 Å². The summed E-state index contributed by atoms with van der Waals surface area (Å²) < 4.78 is 24.8. The maximum Gasteiger partial charge on any atom is 0.321 e. The number of aromatic amines is 1. The number of urea groups is 1. The summed E-state index contributed by atoms with van der Waals surface area (Å²) in [5.74, 6) is 0.508. The predicted octanol–water partition coefficient (Wildman–Crippen LogP) is 4.08. The molecule has 1 aromatic carbocycles. The number of sulfone groups is 1. The lowest BCUT2D eigenvalue weighted by Gasteiger charge is -2.29. The number of amides is 2. The highest BCUT2D eigenvalue weighted by Crippen LogP contribution is 2.46. The molecule has 5 rings (SSSR count). The number of halogens is 1. The van der Waals surface area contributed by atoms with Crippen LogP contribution in [0.15, 0.2) is 35.5 Å². The third-order valence-corrected chi connectivity index (χ3v) is 7.26. The molecule has 2 aromatic heterocycles. The van der Waals surface area contributed by atoms with E-state index in [1.807, 2.05) is 6.20 Å². The Labute approximate surface area is 179 Å². The standard InChI is InChI=1S/C21H21ClN4O3S/c1-30(28,29)17-6-5-13(9-16(17)26-8-2-7-23-21(26)27)15-11-25-20-18(19(15)22)14(10-24-20)12-3-4-12/h5-6,9-12H,2-4,7-8H2,1H3,(H,23,27)(H,24,25). The van der Waals surface area contributed by atoms with Gasteiger partial charge in [0.05, 0.1) is 15.6 Å². The zero-order chi connectivity index (χ0) is 21.0. The van der Waals surface area contributed by atoms with Crippen molar-refractivity contribution < 1.29 is 13.2 Å². The Morgan fingerprint density at radius 2 is 2.07 bits per heavy atom. The summed E-state index contributed by atoms with van der Waals surface area (Å²) in [5, 5.41) is 4.28. The number of anilines is 1. The van der Waals surface area contributed by atoms with Crippen molar-refractivity contribution >= 4 is 44.2 Å². The van der Waals surface area contributed by atoms with Crippen LogP contribution in [-0.4, -0.2) is 43.8 Å². The fourth-order valence-corrected chi connectivity index (χ4v) is 5.29. The molecule has 0 radical (unpaired) electrons. The maximum absolute atomic E-state index is 12.4. The number of benzene rings is 1. The molecule has 0 bridgehead atoms. The smallest absolute Gasteiger partial charge is 0.321 e. The number of carbonyl (C=O) groups excluding carboxylic acids is 1. The van der Waals surface area contributed by atoms with Gasteiger partial charge < -0.3 is 10.3 Å². The first-order valence-electron chi connectivity index (χ1n) is 9.90. The Morgan fingerprint density at radius 3 is 2.77 bits per heavy atom. The van der Waals surface area contributed by atoms with E-state index in [1.165, 1.54) is 10.5 Å². The molecule has 2 amide bonds. The van der Waals surface area contributed by atoms with Gasteiger partial charge in [0.1, 0.15) is 5.65 Å². The molecule has 3 heterocycles. The van der Waals surface area contributed by atoms with Crippen LogP contribution in [0.25, 0.3) is 22.2 Å². The lowest BCUT2D eigenvalue weighted by molar-refractivity contribution is 0.242. The molecule has 156 valence electrons. The molecule has 3 aromatic rings. The first-order valence-corrected chi connectivity index (χ1v) is 12.2. The van der Waals surface area contributed by atoms with Gasteiger partial charge in [-0.15, -0.1) is 0 Å². The minimum Gasteiger partial charge on any atom is -0.346 e. The van der Waals surface area contributed by atoms with E-state index in [0.29, 0.717) is 35.3 Å². The van der Waals surface area contributed by atoms with Crippen molar-refractivity contribution in [3.63, 3.8) is 0 Å². The van der Waals surface area contributed by atoms with Crippen molar-refractivity contribution in [3.8, 4) is 11.1 Å². The summed E-state index contributed by atoms with van der Waals surface area (Å²) in [7, 11) is -3.53. The third kappa shape index (κ3) is 3.24. The number of H-pyrrole nitrogens is 1. The molecule has 2 N–H and O–H groups in total. The van der Waals surface area contributed by atoms with Gasteiger partial charge in [-0.2, -0.15) is 0 Å². The lowest BCUT2D eigenvalue weighted by Crippen LogP contribution is -2.47. The number of nitrogens with one attached hydrogen (secondary N) is 2. The Morgan fingerprint density at radius 1 is 1.27 bits per heavy atom. The third-order valence-electron chi connectivity index (χ3n) is 5.73. The Balaban J connectivity index is 1.68. The van der Waals surface area contributed by atoms with Gasteiger partial charge >= 0.3 is 6.03 Å². The van der Waals surface area contributed by atoms with Crippen LogP contribution in [-0.2, 0) is 9.84 Å². The van der Waals surface area contributed by atoms with Crippen LogP contribution in [0.5, 0.6) is 0 Å². The zero-order valence-corrected chi connectivity index (χ0v) is 18.0. The molecular weight excluding hydrogens is 424 g/mol. The number of fused-ring (bicyclic) bond motifs is 1. The average molecular weight is 445 g/mol. The second kappa shape index (κ2) is 6.99. The van der Waals surface area contributed by atoms with Crippen LogP contribution in [0.1, 0.15) is 30.7 Å². The average Bonchev–Trinajstić information content (AvgIpc) is 3.46. The molecule has 0 spiro atoms. The quantitative estimate of drug-likeness (QED) is 0.633. The van der Waals surface area contributed by atoms with E-state index in [1.54, 1.807) is 24.4 Å². The molecular formula is C21H21ClN4O3S. The zero-order valence-electron chi connectivity index (χ0n) is 16.4. The van der Waals surface area contributed by atoms with Crippen LogP contribution in [0.4, 0.5) is 10.5 Å². The first kappa shape index (κ1) is 19.4. The van der Waals surface area contributed by atoms with E-state index in [4.69, 9.17) is 11.6 Å². The van der Waals surface area contributed by atoms with Gasteiger partial charge in [-0.25, -0.2) is 18.2 Å².